The number of aromatic hydroxyl groups is 2. The second kappa shape index (κ2) is 15.8. The van der Waals surface area contributed by atoms with Crippen LogP contribution in [0.15, 0.2) is 48.5 Å². The smallest absolute Gasteiger partial charge is 0.335 e. The molecule has 0 spiro atoms. The van der Waals surface area contributed by atoms with Gasteiger partial charge in [-0.3, -0.25) is 0 Å². The van der Waals surface area contributed by atoms with Crippen LogP contribution in [0.2, 0.25) is 0 Å². The molecule has 6 N–H and O–H groups in total. The number of carboxylic acids is 4. The molecule has 50 heavy (non-hydrogen) atoms. The Balaban J connectivity index is 0.000000271. The molecule has 16 nitrogen and oxygen atoms in total. The van der Waals surface area contributed by atoms with Gasteiger partial charge in [0.05, 0.1) is 64.9 Å². The summed E-state index contributed by atoms with van der Waals surface area (Å²) in [6, 6.07) is 9.75. The molecule has 0 heterocycles. The standard InChI is InChI=1S/C18H18O8.C16H14O8/c1-23-13-7-9(17(19)20)5-11(15(13)25-3)12-6-10(18(21)22)8-14(24-2)16(12)26-4;1-23-11-5-7(15(19)20)3-9(13(11)17)10-4-8(16(21)22)6-12(24-2)14(10)18/h5-8H,1-4H3,(H,19,20)(H,21,22);3-6,17-18H,1-2H3,(H,19,20)(H,21,22). The highest BCUT2D eigenvalue weighted by Gasteiger charge is 2.24. The molecule has 0 unspecified atom stereocenters. The summed E-state index contributed by atoms with van der Waals surface area (Å²) in [6.07, 6.45) is 0. The molecule has 0 amide bonds. The van der Waals surface area contributed by atoms with Crippen molar-refractivity contribution >= 4 is 23.9 Å². The van der Waals surface area contributed by atoms with Crippen molar-refractivity contribution in [1.29, 1.82) is 0 Å². The van der Waals surface area contributed by atoms with E-state index < -0.39 is 35.4 Å². The minimum absolute atomic E-state index is 0.0561. The zero-order valence-electron chi connectivity index (χ0n) is 27.4. The molecule has 16 heteroatoms. The van der Waals surface area contributed by atoms with Gasteiger partial charge in [-0.05, 0) is 48.5 Å². The van der Waals surface area contributed by atoms with E-state index in [2.05, 4.69) is 0 Å². The van der Waals surface area contributed by atoms with Crippen LogP contribution in [0.3, 0.4) is 0 Å². The van der Waals surface area contributed by atoms with Crippen molar-refractivity contribution in [3.63, 3.8) is 0 Å². The van der Waals surface area contributed by atoms with Crippen molar-refractivity contribution in [3.05, 3.63) is 70.8 Å². The van der Waals surface area contributed by atoms with E-state index in [1.165, 1.54) is 66.9 Å². The summed E-state index contributed by atoms with van der Waals surface area (Å²) < 4.78 is 31.0. The van der Waals surface area contributed by atoms with Gasteiger partial charge in [-0.1, -0.05) is 0 Å². The summed E-state index contributed by atoms with van der Waals surface area (Å²) in [5, 5.41) is 57.5. The molecule has 264 valence electrons. The van der Waals surface area contributed by atoms with E-state index in [0.717, 1.165) is 24.3 Å². The molecular formula is C34H32O16. The number of benzene rings is 4. The van der Waals surface area contributed by atoms with Gasteiger partial charge in [-0.15, -0.1) is 0 Å². The lowest BCUT2D eigenvalue weighted by atomic mass is 9.97. The van der Waals surface area contributed by atoms with Crippen molar-refractivity contribution in [1.82, 2.24) is 0 Å². The zero-order valence-corrected chi connectivity index (χ0v) is 27.4. The van der Waals surface area contributed by atoms with Gasteiger partial charge in [0.25, 0.3) is 0 Å². The maximum atomic E-state index is 11.5. The summed E-state index contributed by atoms with van der Waals surface area (Å²) in [6.45, 7) is 0. The van der Waals surface area contributed by atoms with E-state index in [9.17, 15) is 39.6 Å². The number of methoxy groups -OCH3 is 6. The molecule has 0 aromatic heterocycles. The lowest BCUT2D eigenvalue weighted by molar-refractivity contribution is 0.0685. The first kappa shape index (κ1) is 37.6. The van der Waals surface area contributed by atoms with Crippen LogP contribution in [0.4, 0.5) is 0 Å². The Morgan fingerprint density at radius 3 is 0.840 bits per heavy atom. The highest BCUT2D eigenvalue weighted by Crippen LogP contribution is 2.47. The third-order valence-electron chi connectivity index (χ3n) is 7.12. The number of phenols is 2. The van der Waals surface area contributed by atoms with E-state index in [-0.39, 0.29) is 67.9 Å². The summed E-state index contributed by atoms with van der Waals surface area (Å²) in [5.74, 6) is -5.22. The molecule has 0 aliphatic heterocycles. The number of carbonyl (C=O) groups is 4. The van der Waals surface area contributed by atoms with Gasteiger partial charge in [0.1, 0.15) is 0 Å². The SMILES string of the molecule is COc1cc(C(=O)O)cc(-c2cc(C(=O)O)cc(OC)c2O)c1O.COc1cc(C(=O)O)cc(-c2cc(C(=O)O)cc(OC)c2OC)c1OC. The topological polar surface area (TPSA) is 245 Å². The molecule has 4 rings (SSSR count). The van der Waals surface area contributed by atoms with Crippen molar-refractivity contribution in [2.45, 2.75) is 0 Å². The predicted molar refractivity (Wildman–Crippen MR) is 174 cm³/mol. The molecule has 4 aromatic carbocycles. The maximum absolute atomic E-state index is 11.5. The number of hydrogen-bond acceptors (Lipinski definition) is 12. The normalized spacial score (nSPS) is 10.2. The molecule has 0 bridgehead atoms. The van der Waals surface area contributed by atoms with E-state index in [0.29, 0.717) is 11.1 Å². The van der Waals surface area contributed by atoms with Crippen LogP contribution < -0.4 is 28.4 Å². The number of hydrogen-bond donors (Lipinski definition) is 6. The van der Waals surface area contributed by atoms with Gasteiger partial charge in [0.15, 0.2) is 46.0 Å². The highest BCUT2D eigenvalue weighted by atomic mass is 16.5. The van der Waals surface area contributed by atoms with Crippen LogP contribution in [0, 0.1) is 0 Å². The second-order valence-electron chi connectivity index (χ2n) is 9.89. The van der Waals surface area contributed by atoms with Crippen LogP contribution in [-0.4, -0.2) is 97.2 Å². The van der Waals surface area contributed by atoms with Crippen molar-refractivity contribution in [2.75, 3.05) is 42.7 Å². The van der Waals surface area contributed by atoms with Crippen LogP contribution in [0.5, 0.6) is 46.0 Å². The lowest BCUT2D eigenvalue weighted by Crippen LogP contribution is -2.04. The summed E-state index contributed by atoms with van der Waals surface area (Å²) >= 11 is 0. The maximum Gasteiger partial charge on any atom is 0.335 e. The third kappa shape index (κ3) is 7.65. The van der Waals surface area contributed by atoms with Crippen LogP contribution >= 0.6 is 0 Å². The Morgan fingerprint density at radius 2 is 0.620 bits per heavy atom. The fourth-order valence-electron chi connectivity index (χ4n) is 4.76. The summed E-state index contributed by atoms with van der Waals surface area (Å²) in [5.41, 5.74) is -0.155. The van der Waals surface area contributed by atoms with Gasteiger partial charge >= 0.3 is 23.9 Å². The lowest BCUT2D eigenvalue weighted by Gasteiger charge is -2.18. The molecule has 0 aliphatic carbocycles. The largest absolute Gasteiger partial charge is 0.504 e. The van der Waals surface area contributed by atoms with Gasteiger partial charge < -0.3 is 59.1 Å². The first-order chi connectivity index (χ1) is 23.7. The molecule has 0 saturated carbocycles. The molecule has 0 atom stereocenters. The molecule has 0 saturated heterocycles. The number of aromatic carboxylic acids is 4. The van der Waals surface area contributed by atoms with E-state index >= 15 is 0 Å². The monoisotopic (exact) mass is 696 g/mol. The number of carboxylic acid groups (broad SMARTS) is 4. The second-order valence-corrected chi connectivity index (χ2v) is 9.89. The Kier molecular flexibility index (Phi) is 11.9. The molecule has 0 radical (unpaired) electrons. The first-order valence-corrected chi connectivity index (χ1v) is 14.0. The molecule has 4 aromatic rings. The van der Waals surface area contributed by atoms with E-state index in [1.807, 2.05) is 0 Å². The zero-order chi connectivity index (χ0) is 37.4. The van der Waals surface area contributed by atoms with Crippen LogP contribution in [0.1, 0.15) is 41.4 Å². The predicted octanol–water partition coefficient (Wildman–Crippen LogP) is 4.96. The number of ether oxygens (including phenoxy) is 6. The number of rotatable bonds is 12. The minimum atomic E-state index is -1.28. The Bertz CT molecular complexity index is 1820. The Labute approximate surface area is 283 Å². The molecular weight excluding hydrogens is 664 g/mol. The fourth-order valence-corrected chi connectivity index (χ4v) is 4.76. The van der Waals surface area contributed by atoms with Gasteiger partial charge in [-0.2, -0.15) is 0 Å². The van der Waals surface area contributed by atoms with E-state index in [1.54, 1.807) is 0 Å². The van der Waals surface area contributed by atoms with Gasteiger partial charge in [0.2, 0.25) is 0 Å². The van der Waals surface area contributed by atoms with Crippen molar-refractivity contribution < 1.29 is 78.2 Å². The quantitative estimate of drug-likeness (QED) is 0.115. The fraction of sp³-hybridized carbons (Fsp3) is 0.176. The number of phenolic OH excluding ortho intramolecular Hbond substituents is 2. The first-order valence-electron chi connectivity index (χ1n) is 14.0. The summed E-state index contributed by atoms with van der Waals surface area (Å²) in [7, 11) is 8.01. The summed E-state index contributed by atoms with van der Waals surface area (Å²) in [4.78, 5) is 45.4. The Morgan fingerprint density at radius 1 is 0.380 bits per heavy atom. The van der Waals surface area contributed by atoms with Gasteiger partial charge in [-0.25, -0.2) is 19.2 Å². The molecule has 0 fully saturated rings. The highest BCUT2D eigenvalue weighted by molar-refractivity contribution is 5.97. The average molecular weight is 697 g/mol. The van der Waals surface area contributed by atoms with Crippen molar-refractivity contribution in [2.24, 2.45) is 0 Å². The van der Waals surface area contributed by atoms with E-state index in [4.69, 9.17) is 38.6 Å². The third-order valence-corrected chi connectivity index (χ3v) is 7.12. The van der Waals surface area contributed by atoms with Crippen LogP contribution in [-0.2, 0) is 0 Å². The Hall–Kier alpha value is -6.84. The average Bonchev–Trinajstić information content (AvgIpc) is 3.10. The molecule has 0 aliphatic rings. The van der Waals surface area contributed by atoms with Crippen LogP contribution in [0.25, 0.3) is 22.3 Å². The minimum Gasteiger partial charge on any atom is -0.504 e. The van der Waals surface area contributed by atoms with Crippen molar-refractivity contribution in [3.8, 4) is 68.2 Å². The van der Waals surface area contributed by atoms with Gasteiger partial charge in [0, 0.05) is 22.3 Å².